The van der Waals surface area contributed by atoms with Crippen LogP contribution in [-0.2, 0) is 30.5 Å². The number of ether oxygens (including phenoxy) is 1. The summed E-state index contributed by atoms with van der Waals surface area (Å²) in [5.74, 6) is -1.42. The Morgan fingerprint density at radius 1 is 1.18 bits per heavy atom. The molecular formula is C23H34N4O6. The monoisotopic (exact) mass is 462 g/mol. The van der Waals surface area contributed by atoms with Gasteiger partial charge in [0.15, 0.2) is 0 Å². The number of nitrogens with one attached hydrogen (secondary N) is 3. The minimum Gasteiger partial charge on any atom is -0.466 e. The number of nitrogens with zero attached hydrogens (tertiary/aromatic N) is 1. The van der Waals surface area contributed by atoms with Crippen molar-refractivity contribution in [2.45, 2.75) is 59.0 Å². The molecule has 0 aliphatic rings. The van der Waals surface area contributed by atoms with Gasteiger partial charge in [-0.1, -0.05) is 32.8 Å². The number of methoxy groups -OCH3 is 1. The van der Waals surface area contributed by atoms with E-state index in [-0.39, 0.29) is 24.6 Å². The van der Waals surface area contributed by atoms with E-state index in [1.807, 2.05) is 0 Å². The van der Waals surface area contributed by atoms with Crippen LogP contribution in [-0.4, -0.2) is 48.0 Å². The second-order valence-electron chi connectivity index (χ2n) is 7.59. The average molecular weight is 463 g/mol. The van der Waals surface area contributed by atoms with Crippen LogP contribution >= 0.6 is 0 Å². The maximum Gasteiger partial charge on any atom is 0.330 e. The standard InChI is InChI=1S/C23H34N4O6/c1-5-17(6-2)14-24-20(29)15-27-13-9-11-19(23(27)32)26-22(31)18(25-16(3)28)10-7-8-12-21(30)33-4/h8-9,11-13,17-18H,5-7,10,14-15H2,1-4H3,(H,24,29)(H,25,28)(H,26,31)/b12-8+/t18-/m0/s1. The fourth-order valence-electron chi connectivity index (χ4n) is 3.05. The van der Waals surface area contributed by atoms with Crippen LogP contribution in [0.5, 0.6) is 0 Å². The molecule has 0 bridgehead atoms. The Hall–Kier alpha value is -3.43. The van der Waals surface area contributed by atoms with Gasteiger partial charge in [0.05, 0.1) is 7.11 Å². The number of carbonyl (C=O) groups is 4. The molecule has 0 aliphatic heterocycles. The maximum atomic E-state index is 12.7. The molecule has 182 valence electrons. The number of anilines is 1. The van der Waals surface area contributed by atoms with Gasteiger partial charge in [-0.05, 0) is 30.9 Å². The molecule has 10 nitrogen and oxygen atoms in total. The summed E-state index contributed by atoms with van der Waals surface area (Å²) < 4.78 is 5.71. The van der Waals surface area contributed by atoms with Gasteiger partial charge in [-0.3, -0.25) is 19.2 Å². The highest BCUT2D eigenvalue weighted by molar-refractivity contribution is 5.96. The second kappa shape index (κ2) is 14.6. The summed E-state index contributed by atoms with van der Waals surface area (Å²) in [6.07, 6.45) is 6.66. The third-order valence-corrected chi connectivity index (χ3v) is 5.11. The van der Waals surface area contributed by atoms with Crippen LogP contribution in [0.25, 0.3) is 0 Å². The number of carbonyl (C=O) groups excluding carboxylic acids is 4. The number of pyridine rings is 1. The summed E-state index contributed by atoms with van der Waals surface area (Å²) >= 11 is 0. The SMILES string of the molecule is CCC(CC)CNC(=O)Cn1cccc(NC(=O)[C@H](CC/C=C/C(=O)OC)NC(C)=O)c1=O. The Morgan fingerprint density at radius 2 is 1.88 bits per heavy atom. The number of allylic oxidation sites excluding steroid dienone is 1. The Morgan fingerprint density at radius 3 is 2.48 bits per heavy atom. The third-order valence-electron chi connectivity index (χ3n) is 5.11. The van der Waals surface area contributed by atoms with Gasteiger partial charge in [0.1, 0.15) is 18.3 Å². The predicted octanol–water partition coefficient (Wildman–Crippen LogP) is 1.35. The highest BCUT2D eigenvalue weighted by atomic mass is 16.5. The Bertz CT molecular complexity index is 904. The summed E-state index contributed by atoms with van der Waals surface area (Å²) in [6, 6.07) is 2.07. The molecule has 1 atom stereocenters. The smallest absolute Gasteiger partial charge is 0.330 e. The van der Waals surface area contributed by atoms with Crippen molar-refractivity contribution in [2.24, 2.45) is 5.92 Å². The van der Waals surface area contributed by atoms with Crippen LogP contribution in [0.3, 0.4) is 0 Å². The number of amides is 3. The minimum absolute atomic E-state index is 0.00394. The van der Waals surface area contributed by atoms with Crippen molar-refractivity contribution >= 4 is 29.4 Å². The Balaban J connectivity index is 2.83. The van der Waals surface area contributed by atoms with E-state index in [0.29, 0.717) is 18.9 Å². The number of hydrogen-bond acceptors (Lipinski definition) is 6. The van der Waals surface area contributed by atoms with Gasteiger partial charge in [-0.25, -0.2) is 4.79 Å². The lowest BCUT2D eigenvalue weighted by atomic mass is 10.0. The van der Waals surface area contributed by atoms with E-state index in [1.54, 1.807) is 6.07 Å². The third kappa shape index (κ3) is 10.2. The summed E-state index contributed by atoms with van der Waals surface area (Å²) in [6.45, 7) is 5.76. The fraction of sp³-hybridized carbons (Fsp3) is 0.522. The summed E-state index contributed by atoms with van der Waals surface area (Å²) in [7, 11) is 1.25. The lowest BCUT2D eigenvalue weighted by Gasteiger charge is -2.17. The van der Waals surface area contributed by atoms with Gasteiger partial charge in [0.2, 0.25) is 17.7 Å². The van der Waals surface area contributed by atoms with Crippen molar-refractivity contribution in [1.82, 2.24) is 15.2 Å². The molecule has 3 amide bonds. The summed E-state index contributed by atoms with van der Waals surface area (Å²) in [5, 5.41) is 7.89. The zero-order valence-electron chi connectivity index (χ0n) is 19.7. The molecule has 33 heavy (non-hydrogen) atoms. The van der Waals surface area contributed by atoms with Gasteiger partial charge in [0.25, 0.3) is 5.56 Å². The fourth-order valence-corrected chi connectivity index (χ4v) is 3.05. The predicted molar refractivity (Wildman–Crippen MR) is 124 cm³/mol. The van der Waals surface area contributed by atoms with E-state index >= 15 is 0 Å². The van der Waals surface area contributed by atoms with Crippen molar-refractivity contribution in [2.75, 3.05) is 19.0 Å². The molecule has 1 aromatic rings. The zero-order valence-corrected chi connectivity index (χ0v) is 19.7. The van der Waals surface area contributed by atoms with Crippen LogP contribution in [0.1, 0.15) is 46.5 Å². The van der Waals surface area contributed by atoms with E-state index < -0.39 is 29.4 Å². The van der Waals surface area contributed by atoms with E-state index in [0.717, 1.165) is 12.8 Å². The normalized spacial score (nSPS) is 11.8. The molecule has 0 unspecified atom stereocenters. The van der Waals surface area contributed by atoms with E-state index in [2.05, 4.69) is 34.5 Å². The molecule has 0 aliphatic carbocycles. The van der Waals surface area contributed by atoms with Crippen LogP contribution in [0.15, 0.2) is 35.3 Å². The van der Waals surface area contributed by atoms with Crippen LogP contribution < -0.4 is 21.5 Å². The summed E-state index contributed by atoms with van der Waals surface area (Å²) in [5.41, 5.74) is -0.536. The Labute approximate surface area is 193 Å². The first kappa shape index (κ1) is 27.6. The van der Waals surface area contributed by atoms with Gasteiger partial charge < -0.3 is 25.3 Å². The van der Waals surface area contributed by atoms with Crippen molar-refractivity contribution in [3.8, 4) is 0 Å². The molecule has 0 saturated carbocycles. The number of aromatic nitrogens is 1. The van der Waals surface area contributed by atoms with Crippen LogP contribution in [0, 0.1) is 5.92 Å². The van der Waals surface area contributed by atoms with Gasteiger partial charge in [-0.2, -0.15) is 0 Å². The number of rotatable bonds is 13. The van der Waals surface area contributed by atoms with Crippen molar-refractivity contribution in [3.05, 3.63) is 40.8 Å². The molecule has 1 rings (SSSR count). The van der Waals surface area contributed by atoms with E-state index in [9.17, 15) is 24.0 Å². The van der Waals surface area contributed by atoms with Crippen molar-refractivity contribution < 1.29 is 23.9 Å². The summed E-state index contributed by atoms with van der Waals surface area (Å²) in [4.78, 5) is 60.3. The quantitative estimate of drug-likeness (QED) is 0.299. The lowest BCUT2D eigenvalue weighted by Crippen LogP contribution is -2.44. The maximum absolute atomic E-state index is 12.7. The van der Waals surface area contributed by atoms with Crippen LogP contribution in [0.4, 0.5) is 5.69 Å². The van der Waals surface area contributed by atoms with E-state index in [1.165, 1.54) is 43.0 Å². The minimum atomic E-state index is -0.916. The number of hydrogen-bond donors (Lipinski definition) is 3. The van der Waals surface area contributed by atoms with Gasteiger partial charge in [0, 0.05) is 25.7 Å². The molecule has 10 heteroatoms. The van der Waals surface area contributed by atoms with Gasteiger partial charge >= 0.3 is 5.97 Å². The largest absolute Gasteiger partial charge is 0.466 e. The first-order valence-electron chi connectivity index (χ1n) is 11.0. The Kier molecular flexibility index (Phi) is 12.2. The molecule has 1 aromatic heterocycles. The van der Waals surface area contributed by atoms with Crippen LogP contribution in [0.2, 0.25) is 0 Å². The first-order valence-corrected chi connectivity index (χ1v) is 11.0. The van der Waals surface area contributed by atoms with Gasteiger partial charge in [-0.15, -0.1) is 0 Å². The molecule has 0 saturated heterocycles. The average Bonchev–Trinajstić information content (AvgIpc) is 2.78. The molecule has 0 radical (unpaired) electrons. The number of esters is 1. The molecule has 0 spiro atoms. The second-order valence-corrected chi connectivity index (χ2v) is 7.59. The highest BCUT2D eigenvalue weighted by Gasteiger charge is 2.20. The zero-order chi connectivity index (χ0) is 24.8. The molecule has 3 N–H and O–H groups in total. The molecular weight excluding hydrogens is 428 g/mol. The molecule has 0 fully saturated rings. The van der Waals surface area contributed by atoms with Crippen molar-refractivity contribution in [1.29, 1.82) is 0 Å². The van der Waals surface area contributed by atoms with E-state index in [4.69, 9.17) is 0 Å². The topological polar surface area (TPSA) is 136 Å². The highest BCUT2D eigenvalue weighted by Crippen LogP contribution is 2.06. The lowest BCUT2D eigenvalue weighted by molar-refractivity contribution is -0.134. The van der Waals surface area contributed by atoms with Crippen molar-refractivity contribution in [3.63, 3.8) is 0 Å². The first-order chi connectivity index (χ1) is 15.7. The molecule has 1 heterocycles. The molecule has 0 aromatic carbocycles.